The fourth-order valence-corrected chi connectivity index (χ4v) is 5.78. The standard InChI is InChI=1S/C40H33N/c1-28-13-12-16-30(25-28)32-22-24-38-35(27-32)34-26-31(29-14-6-4-7-15-29)21-23-37(34)41(38)39-20-11-10-19-36(39)40(2,3)33-17-8-5-9-18-33/h4-27H,1-3H3/i4D,6D,7D,12D,13D,14D,15D,16D,25D. The molecule has 7 aromatic rings. The molecule has 7 rings (SSSR count). The highest BCUT2D eigenvalue weighted by Gasteiger charge is 2.27. The number of benzene rings is 6. The van der Waals surface area contributed by atoms with Gasteiger partial charge in [0, 0.05) is 16.2 Å². The second-order valence-corrected chi connectivity index (χ2v) is 10.8. The van der Waals surface area contributed by atoms with Crippen LogP contribution in [-0.2, 0) is 5.41 Å². The second-order valence-electron chi connectivity index (χ2n) is 10.8. The van der Waals surface area contributed by atoms with Crippen LogP contribution in [0.4, 0.5) is 0 Å². The first-order chi connectivity index (χ1) is 23.7. The normalized spacial score (nSPS) is 14.9. The molecule has 0 radical (unpaired) electrons. The number of hydrogen-bond donors (Lipinski definition) is 0. The zero-order valence-electron chi connectivity index (χ0n) is 32.1. The van der Waals surface area contributed by atoms with Crippen molar-refractivity contribution in [2.45, 2.75) is 26.2 Å². The minimum Gasteiger partial charge on any atom is -0.309 e. The van der Waals surface area contributed by atoms with E-state index in [4.69, 9.17) is 12.3 Å². The Balaban J connectivity index is 1.58. The van der Waals surface area contributed by atoms with Crippen LogP contribution in [0.25, 0.3) is 49.7 Å². The SMILES string of the molecule is [2H]c1c([2H])c([2H])c(-c2ccc3c(c2)c2cc(-c4c([2H])c([2H])c([2H])c(C)c4[2H])ccc2n3-c2ccccc2C(C)(C)c2ccccc2)c([2H])c1[2H]. The third-order valence-electron chi connectivity index (χ3n) is 7.91. The minimum absolute atomic E-state index is 0.0221. The van der Waals surface area contributed by atoms with E-state index in [0.717, 1.165) is 38.6 Å². The molecule has 198 valence electrons. The number of para-hydroxylation sites is 1. The molecule has 0 aliphatic rings. The van der Waals surface area contributed by atoms with Crippen molar-refractivity contribution in [3.8, 4) is 27.9 Å². The summed E-state index contributed by atoms with van der Waals surface area (Å²) in [6, 6.07) is 27.3. The molecule has 41 heavy (non-hydrogen) atoms. The summed E-state index contributed by atoms with van der Waals surface area (Å²) >= 11 is 0. The molecule has 0 saturated carbocycles. The first-order valence-corrected chi connectivity index (χ1v) is 13.6. The molecular formula is C40H33N. The summed E-state index contributed by atoms with van der Waals surface area (Å²) in [6.45, 7) is 5.99. The van der Waals surface area contributed by atoms with Gasteiger partial charge in [0.2, 0.25) is 0 Å². The van der Waals surface area contributed by atoms with Gasteiger partial charge in [-0.05, 0) is 70.6 Å². The third-order valence-corrected chi connectivity index (χ3v) is 7.91. The molecule has 0 aliphatic heterocycles. The maximum atomic E-state index is 8.83. The summed E-state index contributed by atoms with van der Waals surface area (Å²) in [5, 5.41) is 1.51. The smallest absolute Gasteiger partial charge is 0.0632 e. The average molecular weight is 537 g/mol. The van der Waals surface area contributed by atoms with Crippen LogP contribution in [0.2, 0.25) is 0 Å². The van der Waals surface area contributed by atoms with Crippen LogP contribution in [0.5, 0.6) is 0 Å². The molecule has 6 aromatic carbocycles. The summed E-state index contributed by atoms with van der Waals surface area (Å²) in [7, 11) is 0. The van der Waals surface area contributed by atoms with Crippen molar-refractivity contribution in [2.24, 2.45) is 0 Å². The molecule has 0 atom stereocenters. The molecule has 0 aliphatic carbocycles. The maximum absolute atomic E-state index is 8.83. The van der Waals surface area contributed by atoms with Crippen molar-refractivity contribution < 1.29 is 12.3 Å². The van der Waals surface area contributed by atoms with Gasteiger partial charge in [0.05, 0.1) is 29.1 Å². The van der Waals surface area contributed by atoms with E-state index in [1.165, 1.54) is 0 Å². The topological polar surface area (TPSA) is 4.93 Å². The highest BCUT2D eigenvalue weighted by Crippen LogP contribution is 2.41. The Morgan fingerprint density at radius 1 is 0.585 bits per heavy atom. The molecule has 0 bridgehead atoms. The van der Waals surface area contributed by atoms with Gasteiger partial charge in [0.1, 0.15) is 0 Å². The third kappa shape index (κ3) is 4.35. The van der Waals surface area contributed by atoms with Crippen molar-refractivity contribution in [2.75, 3.05) is 0 Å². The molecule has 1 heteroatoms. The Bertz CT molecular complexity index is 2330. The van der Waals surface area contributed by atoms with E-state index in [1.54, 1.807) is 13.0 Å². The first-order valence-electron chi connectivity index (χ1n) is 18.1. The Kier molecular flexibility index (Phi) is 4.14. The molecule has 0 saturated heterocycles. The van der Waals surface area contributed by atoms with E-state index in [2.05, 4.69) is 42.7 Å². The molecule has 0 unspecified atom stereocenters. The van der Waals surface area contributed by atoms with Crippen LogP contribution in [0.1, 0.15) is 42.9 Å². The monoisotopic (exact) mass is 536 g/mol. The lowest BCUT2D eigenvalue weighted by molar-refractivity contribution is 0.637. The predicted octanol–water partition coefficient (Wildman–Crippen LogP) is 10.8. The molecular weight excluding hydrogens is 494 g/mol. The van der Waals surface area contributed by atoms with Crippen LogP contribution in [0.3, 0.4) is 0 Å². The van der Waals surface area contributed by atoms with E-state index in [9.17, 15) is 0 Å². The summed E-state index contributed by atoms with van der Waals surface area (Å²) in [5.41, 5.74) is 6.11. The van der Waals surface area contributed by atoms with E-state index in [0.29, 0.717) is 16.7 Å². The van der Waals surface area contributed by atoms with Crippen molar-refractivity contribution >= 4 is 21.8 Å². The lowest BCUT2D eigenvalue weighted by Crippen LogP contribution is -2.21. The molecule has 0 spiro atoms. The van der Waals surface area contributed by atoms with E-state index >= 15 is 0 Å². The number of nitrogens with zero attached hydrogens (tertiary/aromatic N) is 1. The number of hydrogen-bond acceptors (Lipinski definition) is 0. The molecule has 0 N–H and O–H groups in total. The van der Waals surface area contributed by atoms with Crippen molar-refractivity contribution in [3.05, 3.63) is 162 Å². The van der Waals surface area contributed by atoms with E-state index < -0.39 is 23.5 Å². The lowest BCUT2D eigenvalue weighted by Gasteiger charge is -2.29. The van der Waals surface area contributed by atoms with Crippen LogP contribution >= 0.6 is 0 Å². The fraction of sp³-hybridized carbons (Fsp3) is 0.100. The van der Waals surface area contributed by atoms with Crippen LogP contribution in [0, 0.1) is 6.92 Å². The van der Waals surface area contributed by atoms with Gasteiger partial charge in [0.15, 0.2) is 0 Å². The largest absolute Gasteiger partial charge is 0.309 e. The summed E-state index contributed by atoms with van der Waals surface area (Å²) in [4.78, 5) is 0. The Hall–Kier alpha value is -4.88. The van der Waals surface area contributed by atoms with Crippen molar-refractivity contribution in [1.82, 2.24) is 4.57 Å². The molecule has 1 aromatic heterocycles. The summed E-state index contributed by atoms with van der Waals surface area (Å²) < 4.78 is 78.4. The molecule has 1 heterocycles. The van der Waals surface area contributed by atoms with Gasteiger partial charge in [-0.3, -0.25) is 0 Å². The van der Waals surface area contributed by atoms with Gasteiger partial charge >= 0.3 is 0 Å². The lowest BCUT2D eigenvalue weighted by atomic mass is 9.77. The summed E-state index contributed by atoms with van der Waals surface area (Å²) in [6.07, 6.45) is 0. The highest BCUT2D eigenvalue weighted by atomic mass is 15.0. The molecule has 0 fully saturated rings. The number of fused-ring (bicyclic) bond motifs is 3. The fourth-order valence-electron chi connectivity index (χ4n) is 5.78. The number of aromatic nitrogens is 1. The quantitative estimate of drug-likeness (QED) is 0.206. The second kappa shape index (κ2) is 9.94. The predicted molar refractivity (Wildman–Crippen MR) is 175 cm³/mol. The highest BCUT2D eigenvalue weighted by molar-refractivity contribution is 6.11. The average Bonchev–Trinajstić information content (AvgIpc) is 3.45. The van der Waals surface area contributed by atoms with Gasteiger partial charge in [-0.15, -0.1) is 0 Å². The van der Waals surface area contributed by atoms with Gasteiger partial charge in [-0.25, -0.2) is 0 Å². The zero-order valence-corrected chi connectivity index (χ0v) is 23.1. The molecule has 0 amide bonds. The van der Waals surface area contributed by atoms with Crippen LogP contribution in [-0.4, -0.2) is 4.57 Å². The Morgan fingerprint density at radius 3 is 1.90 bits per heavy atom. The first kappa shape index (κ1) is 17.0. The Morgan fingerprint density at radius 2 is 1.20 bits per heavy atom. The Labute approximate surface area is 255 Å². The van der Waals surface area contributed by atoms with Crippen molar-refractivity contribution in [1.29, 1.82) is 0 Å². The van der Waals surface area contributed by atoms with Crippen LogP contribution in [0.15, 0.2) is 145 Å². The van der Waals surface area contributed by atoms with Gasteiger partial charge in [-0.1, -0.05) is 134 Å². The van der Waals surface area contributed by atoms with Crippen LogP contribution < -0.4 is 0 Å². The van der Waals surface area contributed by atoms with Gasteiger partial charge in [-0.2, -0.15) is 0 Å². The van der Waals surface area contributed by atoms with Crippen molar-refractivity contribution in [3.63, 3.8) is 0 Å². The minimum atomic E-state index is -0.455. The molecule has 1 nitrogen and oxygen atoms in total. The number of rotatable bonds is 5. The van der Waals surface area contributed by atoms with E-state index in [-0.39, 0.29) is 47.4 Å². The van der Waals surface area contributed by atoms with E-state index in [1.807, 2.05) is 60.7 Å². The van der Waals surface area contributed by atoms with Gasteiger partial charge < -0.3 is 4.57 Å². The zero-order chi connectivity index (χ0) is 35.8. The maximum Gasteiger partial charge on any atom is 0.0632 e. The summed E-state index contributed by atoms with van der Waals surface area (Å²) in [5.74, 6) is 0. The van der Waals surface area contributed by atoms with Gasteiger partial charge in [0.25, 0.3) is 0 Å².